The molecule has 0 unspecified atom stereocenters. The zero-order chi connectivity index (χ0) is 53.5. The van der Waals surface area contributed by atoms with E-state index in [9.17, 15) is 26.4 Å². The molecular formula is C52H81ClN6O11S2. The number of nitrogens with one attached hydrogen (secondary N) is 3. The van der Waals surface area contributed by atoms with Crippen LogP contribution >= 0.6 is 12.4 Å². The lowest BCUT2D eigenvalue weighted by molar-refractivity contribution is -0.142. The first-order valence-corrected chi connectivity index (χ1v) is 26.4. The average molecular weight is 1070 g/mol. The van der Waals surface area contributed by atoms with E-state index in [1.165, 1.54) is 42.2 Å². The molecule has 0 saturated heterocycles. The summed E-state index contributed by atoms with van der Waals surface area (Å²) in [6, 6.07) is 24.6. The molecule has 0 bridgehead atoms. The fourth-order valence-electron chi connectivity index (χ4n) is 6.99. The van der Waals surface area contributed by atoms with Crippen LogP contribution in [0.4, 0.5) is 0 Å². The van der Waals surface area contributed by atoms with Gasteiger partial charge < -0.3 is 44.9 Å². The molecular weight excluding hydrogens is 984 g/mol. The molecule has 0 spiro atoms. The summed E-state index contributed by atoms with van der Waals surface area (Å²) in [5.41, 5.74) is 7.33. The number of ether oxygens (including phenoxy) is 4. The van der Waals surface area contributed by atoms with E-state index in [1.807, 2.05) is 19.2 Å². The van der Waals surface area contributed by atoms with Crippen LogP contribution in [-0.4, -0.2) is 141 Å². The highest BCUT2D eigenvalue weighted by Crippen LogP contribution is 2.29. The van der Waals surface area contributed by atoms with Crippen molar-refractivity contribution >= 4 is 44.3 Å². The van der Waals surface area contributed by atoms with Crippen molar-refractivity contribution in [2.45, 2.75) is 103 Å². The number of benzene rings is 4. The van der Waals surface area contributed by atoms with Gasteiger partial charge in [-0.25, -0.2) is 21.6 Å². The van der Waals surface area contributed by atoms with Crippen LogP contribution in [-0.2, 0) is 65.3 Å². The smallest absolute Gasteiger partial charge is 0.329 e. The quantitative estimate of drug-likeness (QED) is 0.0499. The van der Waals surface area contributed by atoms with E-state index in [4.69, 9.17) is 24.1 Å². The molecule has 4 aromatic rings. The van der Waals surface area contributed by atoms with Crippen molar-refractivity contribution in [3.8, 4) is 11.5 Å². The van der Waals surface area contributed by atoms with E-state index in [1.54, 1.807) is 71.0 Å². The third-order valence-corrected chi connectivity index (χ3v) is 15.3. The van der Waals surface area contributed by atoms with Crippen LogP contribution in [0.2, 0.25) is 0 Å². The van der Waals surface area contributed by atoms with E-state index in [0.717, 1.165) is 29.5 Å². The fraction of sp³-hybridized carbons (Fsp3) is 0.500. The van der Waals surface area contributed by atoms with Gasteiger partial charge >= 0.3 is 5.97 Å². The predicted octanol–water partition coefficient (Wildman–Crippen LogP) is 6.47. The zero-order valence-corrected chi connectivity index (χ0v) is 47.2. The molecule has 0 aromatic heterocycles. The third kappa shape index (κ3) is 22.2. The first-order valence-electron chi connectivity index (χ1n) is 23.5. The lowest BCUT2D eigenvalue weighted by Crippen LogP contribution is -2.33. The SMILES string of the molecule is CNCc1ccc(CNC(C)C)cc1.COc1cc(C)c(S(=O)(=O)N(C)CCOCC(=O)N(C)Cc2ccc(CNC(C)C)cc2)c(C)c1.COc1cc(C)c(S(=O)(=O)N(C)CCOCC(=O)O)c(C)c1.Cl. The molecule has 0 atom stereocenters. The standard InChI is InChI=1S/C26H39N3O5S.C14H21NO6S.C12H20N2.ClH/c1-19(2)27-16-22-8-10-23(11-9-22)17-28(5)25(30)18-34-13-12-29(6)35(31,32)26-20(3)14-24(33-7)15-21(26)4;1-10-7-12(20-4)8-11(2)14(10)22(18,19)15(3)5-6-21-9-13(16)17;1-10(2)14-9-12-6-4-11(5-7-12)8-13-3;/h8-11,14-15,19,27H,12-13,16-18H2,1-7H3;7-8H,5-6,9H2,1-4H3,(H,16,17);4-7,10,13-14H,8-9H2,1-3H3;1H. The molecule has 0 aliphatic rings. The van der Waals surface area contributed by atoms with Crippen molar-refractivity contribution in [1.82, 2.24) is 29.5 Å². The molecule has 0 saturated carbocycles. The van der Waals surface area contributed by atoms with Crippen LogP contribution < -0.4 is 25.4 Å². The number of carboxylic acids is 1. The minimum Gasteiger partial charge on any atom is -0.497 e. The number of carboxylic acid groups (broad SMARTS) is 1. The number of aryl methyl sites for hydroxylation is 4. The van der Waals surface area contributed by atoms with Crippen LogP contribution in [0.5, 0.6) is 11.5 Å². The van der Waals surface area contributed by atoms with Gasteiger partial charge in [-0.2, -0.15) is 8.61 Å². The molecule has 72 heavy (non-hydrogen) atoms. The van der Waals surface area contributed by atoms with E-state index in [-0.39, 0.29) is 61.0 Å². The van der Waals surface area contributed by atoms with Gasteiger partial charge in [-0.3, -0.25) is 4.79 Å². The fourth-order valence-corrected chi connectivity index (χ4v) is 10.1. The highest BCUT2D eigenvalue weighted by atomic mass is 35.5. The van der Waals surface area contributed by atoms with Crippen LogP contribution in [0.1, 0.15) is 72.2 Å². The van der Waals surface area contributed by atoms with E-state index in [0.29, 0.717) is 52.4 Å². The topological polar surface area (TPSA) is 205 Å². The van der Waals surface area contributed by atoms with E-state index >= 15 is 0 Å². The normalized spacial score (nSPS) is 11.4. The number of amides is 1. The number of rotatable bonds is 26. The molecule has 0 fully saturated rings. The maximum Gasteiger partial charge on any atom is 0.329 e. The first kappa shape index (κ1) is 65.3. The number of carbonyl (C=O) groups is 2. The van der Waals surface area contributed by atoms with Gasteiger partial charge in [-0.1, -0.05) is 76.2 Å². The van der Waals surface area contributed by atoms with Crippen molar-refractivity contribution in [3.05, 3.63) is 117 Å². The first-order chi connectivity index (χ1) is 33.4. The second-order valence-corrected chi connectivity index (χ2v) is 21.8. The molecule has 0 aliphatic heterocycles. The summed E-state index contributed by atoms with van der Waals surface area (Å²) in [6.07, 6.45) is 0. The number of aliphatic carboxylic acids is 1. The second-order valence-electron chi connectivity index (χ2n) is 17.8. The Morgan fingerprint density at radius 1 is 0.583 bits per heavy atom. The highest BCUT2D eigenvalue weighted by Gasteiger charge is 2.27. The Kier molecular flexibility index (Phi) is 29.5. The summed E-state index contributed by atoms with van der Waals surface area (Å²) in [5.74, 6) is -0.0386. The molecule has 20 heteroatoms. The lowest BCUT2D eigenvalue weighted by atomic mass is 10.1. The van der Waals surface area contributed by atoms with Crippen molar-refractivity contribution in [3.63, 3.8) is 0 Å². The Morgan fingerprint density at radius 2 is 0.917 bits per heavy atom. The molecule has 1 amide bonds. The molecule has 4 rings (SSSR count). The van der Waals surface area contributed by atoms with Gasteiger partial charge in [0, 0.05) is 72.5 Å². The average Bonchev–Trinajstić information content (AvgIpc) is 3.30. The number of hydrogen-bond donors (Lipinski definition) is 4. The Hall–Kier alpha value is -4.67. The Morgan fingerprint density at radius 3 is 1.24 bits per heavy atom. The molecule has 0 radical (unpaired) electrons. The number of carbonyl (C=O) groups excluding carboxylic acids is 1. The summed E-state index contributed by atoms with van der Waals surface area (Å²) < 4.78 is 74.5. The monoisotopic (exact) mass is 1060 g/mol. The van der Waals surface area contributed by atoms with E-state index in [2.05, 4.69) is 80.0 Å². The van der Waals surface area contributed by atoms with Gasteiger partial charge in [0.2, 0.25) is 26.0 Å². The van der Waals surface area contributed by atoms with Gasteiger partial charge in [0.15, 0.2) is 0 Å². The summed E-state index contributed by atoms with van der Waals surface area (Å²) in [4.78, 5) is 24.9. The third-order valence-electron chi connectivity index (χ3n) is 10.9. The minimum absolute atomic E-state index is 0. The summed E-state index contributed by atoms with van der Waals surface area (Å²) >= 11 is 0. The van der Waals surface area contributed by atoms with Gasteiger partial charge in [0.05, 0.1) is 37.2 Å². The van der Waals surface area contributed by atoms with E-state index < -0.39 is 32.6 Å². The highest BCUT2D eigenvalue weighted by molar-refractivity contribution is 7.89. The molecule has 17 nitrogen and oxygen atoms in total. The lowest BCUT2D eigenvalue weighted by Gasteiger charge is -2.21. The van der Waals surface area contributed by atoms with Crippen molar-refractivity contribution < 1.29 is 50.5 Å². The second kappa shape index (κ2) is 32.5. The number of nitrogens with zero attached hydrogens (tertiary/aromatic N) is 3. The minimum atomic E-state index is -3.70. The van der Waals surface area contributed by atoms with Gasteiger partial charge in [-0.05, 0) is 104 Å². The summed E-state index contributed by atoms with van der Waals surface area (Å²) in [5, 5.41) is 18.4. The number of likely N-dealkylation sites (N-methyl/N-ethyl adjacent to an activating group) is 3. The summed E-state index contributed by atoms with van der Waals surface area (Å²) in [7, 11) is 2.33. The molecule has 4 aromatic carbocycles. The van der Waals surface area contributed by atoms with Crippen molar-refractivity contribution in [2.24, 2.45) is 0 Å². The van der Waals surface area contributed by atoms with Crippen LogP contribution in [0.25, 0.3) is 0 Å². The largest absolute Gasteiger partial charge is 0.497 e. The van der Waals surface area contributed by atoms with Crippen molar-refractivity contribution in [1.29, 1.82) is 0 Å². The van der Waals surface area contributed by atoms with Crippen LogP contribution in [0.15, 0.2) is 82.6 Å². The maximum atomic E-state index is 13.1. The molecule has 0 heterocycles. The number of hydrogen-bond acceptors (Lipinski definition) is 13. The Bertz CT molecular complexity index is 2450. The van der Waals surface area contributed by atoms with Crippen molar-refractivity contribution in [2.75, 3.05) is 81.9 Å². The van der Waals surface area contributed by atoms with Crippen LogP contribution in [0, 0.1) is 27.7 Å². The number of methoxy groups -OCH3 is 2. The van der Waals surface area contributed by atoms with Gasteiger partial charge in [-0.15, -0.1) is 12.4 Å². The molecule has 4 N–H and O–H groups in total. The van der Waals surface area contributed by atoms with Gasteiger partial charge in [0.25, 0.3) is 0 Å². The predicted molar refractivity (Wildman–Crippen MR) is 287 cm³/mol. The zero-order valence-electron chi connectivity index (χ0n) is 44.8. The number of sulfonamides is 2. The van der Waals surface area contributed by atoms with Gasteiger partial charge in [0.1, 0.15) is 24.7 Å². The maximum absolute atomic E-state index is 13.1. The van der Waals surface area contributed by atoms with Crippen LogP contribution in [0.3, 0.4) is 0 Å². The molecule has 404 valence electrons. The Balaban J connectivity index is 0.000000596. The summed E-state index contributed by atoms with van der Waals surface area (Å²) in [6.45, 7) is 18.4. The number of halogens is 1. The molecule has 0 aliphatic carbocycles. The Labute approximate surface area is 436 Å².